The molecule has 56 heavy (non-hydrogen) atoms. The molecule has 0 aromatic heterocycles. The molecule has 0 heterocycles. The number of aryl methyl sites for hydroxylation is 6. The summed E-state index contributed by atoms with van der Waals surface area (Å²) in [5, 5.41) is 5.87. The molecule has 0 aliphatic rings. The lowest BCUT2D eigenvalue weighted by Crippen LogP contribution is -2.32. The van der Waals surface area contributed by atoms with Crippen LogP contribution in [0.1, 0.15) is 70.8 Å². The highest BCUT2D eigenvalue weighted by molar-refractivity contribution is 5.98. The predicted molar refractivity (Wildman–Crippen MR) is 238 cm³/mol. The van der Waals surface area contributed by atoms with Crippen molar-refractivity contribution in [3.05, 3.63) is 177 Å². The zero-order chi connectivity index (χ0) is 40.4. The van der Waals surface area contributed by atoms with Crippen LogP contribution in [0.3, 0.4) is 0 Å². The van der Waals surface area contributed by atoms with Crippen LogP contribution in [0, 0.1) is 47.5 Å². The summed E-state index contributed by atoms with van der Waals surface area (Å²) in [6, 6.07) is 39.7. The zero-order valence-corrected chi connectivity index (χ0v) is 35.0. The number of nitrogens with one attached hydrogen (secondary N) is 1. The van der Waals surface area contributed by atoms with E-state index in [0.717, 1.165) is 50.4 Å². The number of ether oxygens (including phenoxy) is 1. The minimum atomic E-state index is -0.381. The van der Waals surface area contributed by atoms with E-state index in [-0.39, 0.29) is 18.1 Å². The van der Waals surface area contributed by atoms with Gasteiger partial charge in [0.15, 0.2) is 0 Å². The third-order valence-electron chi connectivity index (χ3n) is 11.0. The van der Waals surface area contributed by atoms with Gasteiger partial charge in [-0.1, -0.05) is 54.1 Å². The highest BCUT2D eigenvalue weighted by Gasteiger charge is 2.28. The van der Waals surface area contributed by atoms with Crippen molar-refractivity contribution in [2.75, 3.05) is 29.2 Å². The van der Waals surface area contributed by atoms with Gasteiger partial charge in [0, 0.05) is 41.8 Å². The molecule has 286 valence electrons. The summed E-state index contributed by atoms with van der Waals surface area (Å²) in [5.74, 6) is 0.770. The molecule has 0 fully saturated rings. The van der Waals surface area contributed by atoms with Crippen LogP contribution in [-0.4, -0.2) is 32.2 Å². The number of hydrogen-bond acceptors (Lipinski definition) is 5. The van der Waals surface area contributed by atoms with E-state index in [1.54, 1.807) is 6.92 Å². The van der Waals surface area contributed by atoms with Crippen LogP contribution in [0.5, 0.6) is 0 Å². The number of esters is 1. The van der Waals surface area contributed by atoms with Crippen molar-refractivity contribution in [3.63, 3.8) is 0 Å². The first-order chi connectivity index (χ1) is 26.6. The van der Waals surface area contributed by atoms with Gasteiger partial charge in [0.25, 0.3) is 0 Å². The fourth-order valence-electron chi connectivity index (χ4n) is 8.22. The molecule has 0 saturated heterocycles. The van der Waals surface area contributed by atoms with Crippen LogP contribution in [0.2, 0.25) is 0 Å². The Balaban J connectivity index is 1.42. The summed E-state index contributed by atoms with van der Waals surface area (Å²) < 4.78 is 5.67. The van der Waals surface area contributed by atoms with Gasteiger partial charge < -0.3 is 19.9 Å². The second kappa shape index (κ2) is 16.4. The number of rotatable bonds is 12. The molecular formula is C51H56N3O2+. The monoisotopic (exact) mass is 742 g/mol. The quantitative estimate of drug-likeness (QED) is 0.0585. The molecule has 2 unspecified atom stereocenters. The van der Waals surface area contributed by atoms with Crippen molar-refractivity contribution < 1.29 is 9.53 Å². The first kappa shape index (κ1) is 39.7. The molecule has 0 bridgehead atoms. The lowest BCUT2D eigenvalue weighted by molar-refractivity contribution is -0.143. The zero-order valence-electron chi connectivity index (χ0n) is 35.0. The Morgan fingerprint density at radius 1 is 0.643 bits per heavy atom. The molecule has 5 nitrogen and oxygen atoms in total. The van der Waals surface area contributed by atoms with E-state index in [1.165, 1.54) is 44.8 Å². The molecule has 0 aliphatic carbocycles. The maximum absolute atomic E-state index is 12.3. The lowest BCUT2D eigenvalue weighted by atomic mass is 9.82. The van der Waals surface area contributed by atoms with Gasteiger partial charge in [0.2, 0.25) is 0 Å². The molecule has 0 saturated carbocycles. The Bertz CT molecular complexity index is 2240. The summed E-state index contributed by atoms with van der Waals surface area (Å²) in [6.45, 7) is 22.4. The smallest absolute Gasteiger partial charge is 0.333 e. The van der Waals surface area contributed by atoms with E-state index < -0.39 is 0 Å². The Morgan fingerprint density at radius 2 is 1.07 bits per heavy atom. The molecule has 6 aromatic rings. The summed E-state index contributed by atoms with van der Waals surface area (Å²) in [4.78, 5) is 16.9. The molecule has 5 heteroatoms. The fourth-order valence-corrected chi connectivity index (χ4v) is 8.22. The SMILES string of the molecule is C=C(C)C(=O)OC(C)C(C)Nc1ccc([C+](c2ccc(N(C)c3c(C)cc(C)cc3C)cc2)c2ccc(N(C)c3c(C)cc(C)cc3C)cc2)c2ccccc12. The van der Waals surface area contributed by atoms with Crippen molar-refractivity contribution in [1.29, 1.82) is 0 Å². The molecule has 6 aromatic carbocycles. The predicted octanol–water partition coefficient (Wildman–Crippen LogP) is 12.6. The molecule has 0 amide bonds. The number of carbonyl (C=O) groups is 1. The summed E-state index contributed by atoms with van der Waals surface area (Å²) in [6.07, 6.45) is -0.354. The molecule has 1 N–H and O–H groups in total. The first-order valence-electron chi connectivity index (χ1n) is 19.5. The summed E-state index contributed by atoms with van der Waals surface area (Å²) in [5.41, 5.74) is 17.1. The maximum Gasteiger partial charge on any atom is 0.333 e. The van der Waals surface area contributed by atoms with E-state index in [1.807, 2.05) is 13.8 Å². The molecular weight excluding hydrogens is 687 g/mol. The average molecular weight is 743 g/mol. The Morgan fingerprint density at radius 3 is 1.50 bits per heavy atom. The van der Waals surface area contributed by atoms with Crippen molar-refractivity contribution in [3.8, 4) is 0 Å². The normalized spacial score (nSPS) is 12.2. The lowest BCUT2D eigenvalue weighted by Gasteiger charge is -2.26. The van der Waals surface area contributed by atoms with E-state index in [0.29, 0.717) is 5.57 Å². The molecule has 2 atom stereocenters. The van der Waals surface area contributed by atoms with Gasteiger partial charge in [0.05, 0.1) is 45.7 Å². The third kappa shape index (κ3) is 8.18. The third-order valence-corrected chi connectivity index (χ3v) is 11.0. The minimum Gasteiger partial charge on any atom is -0.457 e. The Kier molecular flexibility index (Phi) is 11.7. The van der Waals surface area contributed by atoms with Crippen LogP contribution < -0.4 is 15.1 Å². The molecule has 0 radical (unpaired) electrons. The first-order valence-corrected chi connectivity index (χ1v) is 19.5. The number of carbonyl (C=O) groups excluding carboxylic acids is 1. The van der Waals surface area contributed by atoms with Gasteiger partial charge in [-0.3, -0.25) is 0 Å². The highest BCUT2D eigenvalue weighted by Crippen LogP contribution is 2.41. The topological polar surface area (TPSA) is 44.8 Å². The molecule has 0 aliphatic heterocycles. The van der Waals surface area contributed by atoms with Crippen molar-refractivity contribution in [2.24, 2.45) is 0 Å². The van der Waals surface area contributed by atoms with Crippen molar-refractivity contribution >= 4 is 45.2 Å². The maximum atomic E-state index is 12.3. The largest absolute Gasteiger partial charge is 0.457 e. The van der Waals surface area contributed by atoms with Crippen LogP contribution >= 0.6 is 0 Å². The van der Waals surface area contributed by atoms with Crippen molar-refractivity contribution in [1.82, 2.24) is 0 Å². The van der Waals surface area contributed by atoms with E-state index in [9.17, 15) is 4.79 Å². The van der Waals surface area contributed by atoms with Crippen LogP contribution in [0.25, 0.3) is 10.8 Å². The van der Waals surface area contributed by atoms with Gasteiger partial charge in [0.1, 0.15) is 6.10 Å². The summed E-state index contributed by atoms with van der Waals surface area (Å²) in [7, 11) is 4.30. The average Bonchev–Trinajstić information content (AvgIpc) is 3.15. The van der Waals surface area contributed by atoms with E-state index in [4.69, 9.17) is 4.74 Å². The van der Waals surface area contributed by atoms with Crippen LogP contribution in [0.4, 0.5) is 28.4 Å². The number of fused-ring (bicyclic) bond motifs is 1. The van der Waals surface area contributed by atoms with Crippen LogP contribution in [-0.2, 0) is 9.53 Å². The number of benzene rings is 6. The number of anilines is 5. The van der Waals surface area contributed by atoms with E-state index >= 15 is 0 Å². The van der Waals surface area contributed by atoms with Gasteiger partial charge in [-0.15, -0.1) is 0 Å². The molecule has 6 rings (SSSR count). The minimum absolute atomic E-state index is 0.133. The Labute approximate surface area is 334 Å². The van der Waals surface area contributed by atoms with Crippen LogP contribution in [0.15, 0.2) is 121 Å². The second-order valence-corrected chi connectivity index (χ2v) is 15.6. The number of nitrogens with zero attached hydrogens (tertiary/aromatic N) is 2. The molecule has 0 spiro atoms. The standard InChI is InChI=1S/C51H56N3O2/c1-31(2)51(55)56-39(10)38(9)52-47-26-25-46(44-15-13-14-16-45(44)47)48(40-17-21-42(22-18-40)53(11)49-34(5)27-32(3)28-35(49)6)41-19-23-43(24-20-41)54(12)50-36(7)29-33(4)30-37(50)8/h13-30,38-39,52H,1H2,2-12H3/q+1. The van der Waals surface area contributed by atoms with E-state index in [2.05, 4.69) is 187 Å². The Hall–Kier alpha value is -5.94. The van der Waals surface area contributed by atoms with Gasteiger partial charge in [-0.2, -0.15) is 0 Å². The van der Waals surface area contributed by atoms with Gasteiger partial charge >= 0.3 is 5.97 Å². The van der Waals surface area contributed by atoms with Crippen molar-refractivity contribution in [2.45, 2.75) is 74.5 Å². The summed E-state index contributed by atoms with van der Waals surface area (Å²) >= 11 is 0. The number of hydrogen-bond donors (Lipinski definition) is 1. The van der Waals surface area contributed by atoms with Gasteiger partial charge in [-0.05, 0) is 157 Å². The second-order valence-electron chi connectivity index (χ2n) is 15.6. The fraction of sp³-hybridized carbons (Fsp3) is 0.255. The highest BCUT2D eigenvalue weighted by atomic mass is 16.5. The van der Waals surface area contributed by atoms with Gasteiger partial charge in [-0.25, -0.2) is 4.79 Å².